The summed E-state index contributed by atoms with van der Waals surface area (Å²) in [5, 5.41) is 2.91. The van der Waals surface area contributed by atoms with Crippen molar-refractivity contribution in [3.63, 3.8) is 0 Å². The van der Waals surface area contributed by atoms with Gasteiger partial charge >= 0.3 is 5.97 Å². The first-order chi connectivity index (χ1) is 10.6. The third kappa shape index (κ3) is 5.76. The lowest BCUT2D eigenvalue weighted by molar-refractivity contribution is -0.150. The molecule has 0 spiro atoms. The Bertz CT molecular complexity index is 481. The van der Waals surface area contributed by atoms with Gasteiger partial charge in [0.2, 0.25) is 0 Å². The smallest absolute Gasteiger partial charge is 0.344 e. The molecule has 120 valence electrons. The Kier molecular flexibility index (Phi) is 6.25. The molecule has 0 atom stereocenters. The molecule has 0 saturated heterocycles. The van der Waals surface area contributed by atoms with Crippen LogP contribution in [0.2, 0.25) is 0 Å². The number of benzene rings is 1. The second-order valence-electron chi connectivity index (χ2n) is 5.79. The Morgan fingerprint density at radius 1 is 1.09 bits per heavy atom. The lowest BCUT2D eigenvalue weighted by Gasteiger charge is -2.26. The number of rotatable bonds is 6. The second kappa shape index (κ2) is 8.41. The predicted octanol–water partition coefficient (Wildman–Crippen LogP) is 2.30. The summed E-state index contributed by atoms with van der Waals surface area (Å²) in [6, 6.07) is 9.22. The maximum Gasteiger partial charge on any atom is 0.344 e. The van der Waals surface area contributed by atoms with Gasteiger partial charge in [0.05, 0.1) is 0 Å². The van der Waals surface area contributed by atoms with E-state index in [1.807, 2.05) is 18.2 Å². The number of ether oxygens (including phenoxy) is 2. The molecule has 0 bridgehead atoms. The maximum atomic E-state index is 11.7. The number of esters is 1. The lowest BCUT2D eigenvalue weighted by Crippen LogP contribution is -2.39. The number of para-hydroxylation sites is 1. The first kappa shape index (κ1) is 16.3. The van der Waals surface area contributed by atoms with Crippen LogP contribution < -0.4 is 10.1 Å². The summed E-state index contributed by atoms with van der Waals surface area (Å²) in [5.41, 5.74) is 0. The van der Waals surface area contributed by atoms with Crippen LogP contribution in [0.3, 0.4) is 0 Å². The topological polar surface area (TPSA) is 64.6 Å². The van der Waals surface area contributed by atoms with Gasteiger partial charge < -0.3 is 14.8 Å². The van der Waals surface area contributed by atoms with Gasteiger partial charge in [-0.1, -0.05) is 25.1 Å². The van der Waals surface area contributed by atoms with Crippen LogP contribution in [0.5, 0.6) is 5.75 Å². The predicted molar refractivity (Wildman–Crippen MR) is 82.5 cm³/mol. The molecule has 1 aliphatic rings. The van der Waals surface area contributed by atoms with Crippen LogP contribution in [-0.4, -0.2) is 31.1 Å². The van der Waals surface area contributed by atoms with Crippen molar-refractivity contribution in [1.29, 1.82) is 0 Å². The van der Waals surface area contributed by atoms with Gasteiger partial charge in [0.15, 0.2) is 13.2 Å². The molecular weight excluding hydrogens is 282 g/mol. The van der Waals surface area contributed by atoms with E-state index in [1.54, 1.807) is 12.1 Å². The van der Waals surface area contributed by atoms with E-state index >= 15 is 0 Å². The monoisotopic (exact) mass is 305 g/mol. The third-order valence-corrected chi connectivity index (χ3v) is 3.85. The summed E-state index contributed by atoms with van der Waals surface area (Å²) >= 11 is 0. The zero-order chi connectivity index (χ0) is 15.8. The number of carbonyl (C=O) groups is 2. The number of amides is 1. The molecule has 0 aromatic heterocycles. The van der Waals surface area contributed by atoms with Gasteiger partial charge in [0.25, 0.3) is 5.91 Å². The highest BCUT2D eigenvalue weighted by Gasteiger charge is 2.20. The highest BCUT2D eigenvalue weighted by Crippen LogP contribution is 2.23. The highest BCUT2D eigenvalue weighted by molar-refractivity contribution is 5.81. The average molecular weight is 305 g/mol. The minimum Gasteiger partial charge on any atom is -0.482 e. The Morgan fingerprint density at radius 2 is 1.77 bits per heavy atom. The largest absolute Gasteiger partial charge is 0.482 e. The summed E-state index contributed by atoms with van der Waals surface area (Å²) in [6.07, 6.45) is 4.27. The van der Waals surface area contributed by atoms with Gasteiger partial charge in [-0.15, -0.1) is 0 Å². The van der Waals surface area contributed by atoms with Crippen LogP contribution in [0.4, 0.5) is 0 Å². The van der Waals surface area contributed by atoms with Crippen LogP contribution in [-0.2, 0) is 14.3 Å². The van der Waals surface area contributed by atoms with Crippen LogP contribution in [0.15, 0.2) is 30.3 Å². The van der Waals surface area contributed by atoms with Crippen LogP contribution in [0.25, 0.3) is 0 Å². The zero-order valence-electron chi connectivity index (χ0n) is 12.9. The first-order valence-electron chi connectivity index (χ1n) is 7.76. The van der Waals surface area contributed by atoms with Crippen molar-refractivity contribution in [2.45, 2.75) is 38.6 Å². The van der Waals surface area contributed by atoms with Crippen molar-refractivity contribution in [1.82, 2.24) is 5.32 Å². The van der Waals surface area contributed by atoms with E-state index in [0.29, 0.717) is 5.75 Å². The molecule has 1 N–H and O–H groups in total. The average Bonchev–Trinajstić information content (AvgIpc) is 2.54. The minimum atomic E-state index is -0.545. The van der Waals surface area contributed by atoms with E-state index in [2.05, 4.69) is 12.2 Å². The van der Waals surface area contributed by atoms with Gasteiger partial charge in [-0.2, -0.15) is 0 Å². The standard InChI is InChI=1S/C17H23NO4/c1-13-7-9-14(10-8-13)18-16(19)11-22-17(20)12-21-15-5-3-2-4-6-15/h2-6,13-14H,7-12H2,1H3,(H,18,19). The molecule has 1 aliphatic carbocycles. The van der Waals surface area contributed by atoms with Crippen molar-refractivity contribution in [3.05, 3.63) is 30.3 Å². The second-order valence-corrected chi connectivity index (χ2v) is 5.79. The molecular formula is C17H23NO4. The van der Waals surface area contributed by atoms with Gasteiger partial charge in [-0.25, -0.2) is 4.79 Å². The highest BCUT2D eigenvalue weighted by atomic mass is 16.6. The van der Waals surface area contributed by atoms with Gasteiger partial charge in [0, 0.05) is 6.04 Å². The van der Waals surface area contributed by atoms with E-state index in [1.165, 1.54) is 0 Å². The van der Waals surface area contributed by atoms with E-state index in [4.69, 9.17) is 9.47 Å². The van der Waals surface area contributed by atoms with Crippen LogP contribution in [0, 0.1) is 5.92 Å². The van der Waals surface area contributed by atoms with Crippen LogP contribution in [0.1, 0.15) is 32.6 Å². The molecule has 1 aromatic rings. The van der Waals surface area contributed by atoms with Crippen molar-refractivity contribution in [3.8, 4) is 5.75 Å². The molecule has 2 rings (SSSR count). The Labute approximate surface area is 131 Å². The Balaban J connectivity index is 1.60. The number of hydrogen-bond donors (Lipinski definition) is 1. The zero-order valence-corrected chi connectivity index (χ0v) is 12.9. The lowest BCUT2D eigenvalue weighted by atomic mass is 9.87. The number of hydrogen-bond acceptors (Lipinski definition) is 4. The van der Waals surface area contributed by atoms with Crippen LogP contribution >= 0.6 is 0 Å². The molecule has 0 heterocycles. The van der Waals surface area contributed by atoms with E-state index < -0.39 is 5.97 Å². The summed E-state index contributed by atoms with van der Waals surface area (Å²) in [4.78, 5) is 23.3. The number of carbonyl (C=O) groups excluding carboxylic acids is 2. The van der Waals surface area contributed by atoms with E-state index in [9.17, 15) is 9.59 Å². The van der Waals surface area contributed by atoms with Crippen molar-refractivity contribution >= 4 is 11.9 Å². The normalized spacial score (nSPS) is 21.0. The Morgan fingerprint density at radius 3 is 2.45 bits per heavy atom. The molecule has 0 unspecified atom stereocenters. The fraction of sp³-hybridized carbons (Fsp3) is 0.529. The minimum absolute atomic E-state index is 0.196. The first-order valence-corrected chi connectivity index (χ1v) is 7.76. The van der Waals surface area contributed by atoms with Crippen molar-refractivity contribution in [2.24, 2.45) is 5.92 Å². The fourth-order valence-electron chi connectivity index (χ4n) is 2.52. The summed E-state index contributed by atoms with van der Waals surface area (Å²) < 4.78 is 10.2. The van der Waals surface area contributed by atoms with Crippen molar-refractivity contribution < 1.29 is 19.1 Å². The van der Waals surface area contributed by atoms with Gasteiger partial charge in [0.1, 0.15) is 5.75 Å². The maximum absolute atomic E-state index is 11.7. The molecule has 5 heteroatoms. The van der Waals surface area contributed by atoms with Crippen molar-refractivity contribution in [2.75, 3.05) is 13.2 Å². The molecule has 1 saturated carbocycles. The molecule has 5 nitrogen and oxygen atoms in total. The Hall–Kier alpha value is -2.04. The third-order valence-electron chi connectivity index (χ3n) is 3.85. The SMILES string of the molecule is CC1CCC(NC(=O)COC(=O)COc2ccccc2)CC1. The van der Waals surface area contributed by atoms with E-state index in [-0.39, 0.29) is 25.2 Å². The summed E-state index contributed by atoms with van der Waals surface area (Å²) in [6.45, 7) is 1.79. The van der Waals surface area contributed by atoms with Gasteiger partial charge in [-0.3, -0.25) is 4.79 Å². The van der Waals surface area contributed by atoms with E-state index in [0.717, 1.165) is 31.6 Å². The molecule has 22 heavy (non-hydrogen) atoms. The molecule has 1 aromatic carbocycles. The molecule has 1 fully saturated rings. The fourth-order valence-corrected chi connectivity index (χ4v) is 2.52. The summed E-state index contributed by atoms with van der Waals surface area (Å²) in [7, 11) is 0. The molecule has 1 amide bonds. The summed E-state index contributed by atoms with van der Waals surface area (Å²) in [5.74, 6) is 0.547. The molecule has 0 aliphatic heterocycles. The quantitative estimate of drug-likeness (QED) is 0.819. The van der Waals surface area contributed by atoms with Gasteiger partial charge in [-0.05, 0) is 43.7 Å². The number of nitrogens with one attached hydrogen (secondary N) is 1. The molecule has 0 radical (unpaired) electrons.